The number of rotatable bonds is 7. The van der Waals surface area contributed by atoms with Crippen molar-refractivity contribution in [1.82, 2.24) is 10.9 Å². The lowest BCUT2D eigenvalue weighted by molar-refractivity contribution is -0.435. The number of halogens is 17. The number of alkyl halides is 16. The Bertz CT molecular complexity index is 768. The topological polar surface area (TPSA) is 24.1 Å². The second kappa shape index (κ2) is 7.33. The van der Waals surface area contributed by atoms with Crippen molar-refractivity contribution in [1.29, 1.82) is 0 Å². The van der Waals surface area contributed by atoms with E-state index in [9.17, 15) is 70.2 Å². The summed E-state index contributed by atoms with van der Waals surface area (Å²) in [6.45, 7) is -0.907. The fourth-order valence-corrected chi connectivity index (χ4v) is 2.56. The van der Waals surface area contributed by atoms with Gasteiger partial charge in [-0.3, -0.25) is 0 Å². The predicted molar refractivity (Wildman–Crippen MR) is 73.9 cm³/mol. The number of allylic oxidation sites excluding steroid dienone is 1. The number of hydrogen-bond acceptors (Lipinski definition) is 2. The molecule has 0 aliphatic carbocycles. The van der Waals surface area contributed by atoms with E-state index in [1.165, 1.54) is 0 Å². The first-order valence-corrected chi connectivity index (χ1v) is 7.96. The molecule has 0 bridgehead atoms. The van der Waals surface area contributed by atoms with Crippen LogP contribution in [0.2, 0.25) is 0 Å². The van der Waals surface area contributed by atoms with E-state index in [0.717, 1.165) is 12.3 Å². The van der Waals surface area contributed by atoms with Crippen molar-refractivity contribution in [3.8, 4) is 0 Å². The maximum absolute atomic E-state index is 14.0. The Morgan fingerprint density at radius 2 is 1.00 bits per heavy atom. The number of nitrogens with one attached hydrogen (secondary N) is 2. The molecule has 0 saturated heterocycles. The summed E-state index contributed by atoms with van der Waals surface area (Å²) in [6, 6.07) is -3.45. The molecule has 0 amide bonds. The zero-order chi connectivity index (χ0) is 26.1. The summed E-state index contributed by atoms with van der Waals surface area (Å²) in [6.07, 6.45) is -7.54. The minimum atomic E-state index is -7.98. The van der Waals surface area contributed by atoms with Crippen LogP contribution in [0.5, 0.6) is 0 Å². The maximum atomic E-state index is 14.0. The molecule has 190 valence electrons. The molecule has 32 heavy (non-hydrogen) atoms. The highest BCUT2D eigenvalue weighted by Gasteiger charge is 2.93. The smallest absolute Gasteiger partial charge is 0.324 e. The van der Waals surface area contributed by atoms with Gasteiger partial charge in [0, 0.05) is 5.70 Å². The Morgan fingerprint density at radius 3 is 1.31 bits per heavy atom. The Morgan fingerprint density at radius 1 is 0.625 bits per heavy atom. The predicted octanol–water partition coefficient (Wildman–Crippen LogP) is 6.04. The van der Waals surface area contributed by atoms with Gasteiger partial charge in [-0.15, -0.1) is 0 Å². The van der Waals surface area contributed by atoms with E-state index in [2.05, 4.69) is 0 Å². The average Bonchev–Trinajstić information content (AvgIpc) is 2.92. The Labute approximate surface area is 171 Å². The largest absolute Gasteiger partial charge is 0.460 e. The van der Waals surface area contributed by atoms with Gasteiger partial charge in [-0.2, -0.15) is 65.9 Å². The lowest BCUT2D eigenvalue weighted by atomic mass is 9.80. The molecule has 1 aliphatic rings. The second-order valence-corrected chi connectivity index (χ2v) is 7.08. The second-order valence-electron chi connectivity index (χ2n) is 6.67. The normalized spacial score (nSPS) is 22.2. The van der Waals surface area contributed by atoms with Crippen LogP contribution in [0, 0.1) is 0 Å². The maximum Gasteiger partial charge on any atom is 0.460 e. The molecule has 19 heteroatoms. The van der Waals surface area contributed by atoms with E-state index < -0.39 is 71.1 Å². The van der Waals surface area contributed by atoms with Gasteiger partial charge in [0.1, 0.15) is 6.04 Å². The van der Waals surface area contributed by atoms with Crippen molar-refractivity contribution in [2.24, 2.45) is 0 Å². The molecule has 2 nitrogen and oxygen atoms in total. The highest BCUT2D eigenvalue weighted by molar-refractivity contribution is 6.30. The van der Waals surface area contributed by atoms with E-state index >= 15 is 0 Å². The molecule has 0 aromatic rings. The molecule has 0 fully saturated rings. The lowest BCUT2D eigenvalue weighted by Gasteiger charge is -2.45. The molecule has 0 aromatic heterocycles. The van der Waals surface area contributed by atoms with Gasteiger partial charge in [0.25, 0.3) is 0 Å². The summed E-state index contributed by atoms with van der Waals surface area (Å²) in [5.74, 6) is -45.6. The molecule has 0 spiro atoms. The molecule has 1 aliphatic heterocycles. The standard InChI is InChI=1S/C13H9ClF16N2/c1-3-4(14)5(32-31-3)7(16,17)10(22,23)11(24,25)8(18,19)6(2,15)9(20,21)12(26,27)13(28,29)30/h5,31-32H,1-2H3/t5-,6+/m1/s1. The Balaban J connectivity index is 3.66. The highest BCUT2D eigenvalue weighted by atomic mass is 35.5. The van der Waals surface area contributed by atoms with Crippen LogP contribution in [0.15, 0.2) is 10.7 Å². The first-order valence-electron chi connectivity index (χ1n) is 7.58. The van der Waals surface area contributed by atoms with Gasteiger partial charge in [-0.25, -0.2) is 9.82 Å². The molecule has 0 radical (unpaired) electrons. The van der Waals surface area contributed by atoms with Gasteiger partial charge in [-0.1, -0.05) is 11.6 Å². The van der Waals surface area contributed by atoms with Crippen LogP contribution in [-0.4, -0.2) is 53.4 Å². The Hall–Kier alpha value is -1.33. The summed E-state index contributed by atoms with van der Waals surface area (Å²) in [5, 5.41) is -1.41. The third kappa shape index (κ3) is 3.37. The molecule has 2 N–H and O–H groups in total. The van der Waals surface area contributed by atoms with Crippen molar-refractivity contribution in [2.75, 3.05) is 0 Å². The van der Waals surface area contributed by atoms with E-state index in [-0.39, 0.29) is 0 Å². The number of hydrogen-bond donors (Lipinski definition) is 2. The fourth-order valence-electron chi connectivity index (χ4n) is 2.32. The van der Waals surface area contributed by atoms with Gasteiger partial charge in [0.15, 0.2) is 0 Å². The van der Waals surface area contributed by atoms with Crippen molar-refractivity contribution >= 4 is 11.6 Å². The summed E-state index contributed by atoms with van der Waals surface area (Å²) < 4.78 is 215. The first-order chi connectivity index (χ1) is 13.7. The number of hydrazine groups is 1. The third-order valence-electron chi connectivity index (χ3n) is 4.52. The quantitative estimate of drug-likeness (QED) is 0.391. The first kappa shape index (κ1) is 28.7. The van der Waals surface area contributed by atoms with Gasteiger partial charge >= 0.3 is 41.7 Å². The van der Waals surface area contributed by atoms with Crippen molar-refractivity contribution < 1.29 is 70.2 Å². The third-order valence-corrected chi connectivity index (χ3v) is 5.02. The van der Waals surface area contributed by atoms with Crippen molar-refractivity contribution in [3.05, 3.63) is 10.7 Å². The summed E-state index contributed by atoms with van der Waals surface area (Å²) in [7, 11) is 0. The monoisotopic (exact) mass is 532 g/mol. The SMILES string of the molecule is CC1=C(Cl)[C@H](C(F)(F)C(F)(F)C(F)(F)C(F)(F)[C@](C)(F)C(F)(F)C(F)(F)C(F)(F)F)NN1. The summed E-state index contributed by atoms with van der Waals surface area (Å²) in [4.78, 5) is 0. The fraction of sp³-hybridized carbons (Fsp3) is 0.846. The van der Waals surface area contributed by atoms with Crippen LogP contribution >= 0.6 is 11.6 Å². The van der Waals surface area contributed by atoms with Gasteiger partial charge in [-0.05, 0) is 13.8 Å². The van der Waals surface area contributed by atoms with Crippen molar-refractivity contribution in [3.63, 3.8) is 0 Å². The van der Waals surface area contributed by atoms with Crippen LogP contribution in [0.25, 0.3) is 0 Å². The zero-order valence-corrected chi connectivity index (χ0v) is 15.8. The van der Waals surface area contributed by atoms with E-state index in [1.54, 1.807) is 5.43 Å². The van der Waals surface area contributed by atoms with Crippen molar-refractivity contribution in [2.45, 2.75) is 67.3 Å². The molecule has 2 atom stereocenters. The lowest BCUT2D eigenvalue weighted by Crippen LogP contribution is -2.76. The molecular formula is C13H9ClF16N2. The Kier molecular flexibility index (Phi) is 6.58. The van der Waals surface area contributed by atoms with E-state index in [4.69, 9.17) is 11.6 Å². The minimum absolute atomic E-state index is 0.631. The van der Waals surface area contributed by atoms with Crippen LogP contribution in [-0.2, 0) is 0 Å². The van der Waals surface area contributed by atoms with Crippen LogP contribution < -0.4 is 10.9 Å². The van der Waals surface area contributed by atoms with Gasteiger partial charge in [0.2, 0.25) is 5.67 Å². The molecule has 0 saturated carbocycles. The summed E-state index contributed by atoms with van der Waals surface area (Å²) >= 11 is 5.15. The summed E-state index contributed by atoms with van der Waals surface area (Å²) in [5.41, 5.74) is -5.01. The molecule has 1 heterocycles. The van der Waals surface area contributed by atoms with Gasteiger partial charge < -0.3 is 5.43 Å². The zero-order valence-electron chi connectivity index (χ0n) is 15.0. The highest BCUT2D eigenvalue weighted by Crippen LogP contribution is 2.63. The van der Waals surface area contributed by atoms with Gasteiger partial charge in [0.05, 0.1) is 5.03 Å². The molecule has 0 unspecified atom stereocenters. The minimum Gasteiger partial charge on any atom is -0.324 e. The molecule has 0 aromatic carbocycles. The molecule has 1 rings (SSSR count). The van der Waals surface area contributed by atoms with Crippen LogP contribution in [0.1, 0.15) is 13.8 Å². The van der Waals surface area contributed by atoms with Crippen LogP contribution in [0.4, 0.5) is 70.2 Å². The molecular weight excluding hydrogens is 524 g/mol. The average molecular weight is 533 g/mol. The van der Waals surface area contributed by atoms with Crippen LogP contribution in [0.3, 0.4) is 0 Å². The van der Waals surface area contributed by atoms with E-state index in [0.29, 0.717) is 0 Å². The van der Waals surface area contributed by atoms with E-state index in [1.807, 2.05) is 0 Å².